The molecule has 0 saturated carbocycles. The van der Waals surface area contributed by atoms with Gasteiger partial charge in [0.15, 0.2) is 0 Å². The summed E-state index contributed by atoms with van der Waals surface area (Å²) in [6.45, 7) is 3.34. The van der Waals surface area contributed by atoms with Crippen molar-refractivity contribution in [2.24, 2.45) is 0 Å². The third kappa shape index (κ3) is 8.03. The molecule has 1 N–H and O–H groups in total. The molecular weight excluding hydrogens is 350 g/mol. The van der Waals surface area contributed by atoms with Crippen LogP contribution >= 0.6 is 0 Å². The Hall–Kier alpha value is -2.49. The van der Waals surface area contributed by atoms with Crippen LogP contribution in [0.1, 0.15) is 67.8 Å². The first kappa shape index (κ1) is 21.8. The third-order valence-corrected chi connectivity index (χ3v) is 4.63. The Morgan fingerprint density at radius 1 is 0.857 bits per heavy atom. The van der Waals surface area contributed by atoms with E-state index in [1.165, 1.54) is 38.5 Å². The van der Waals surface area contributed by atoms with Crippen LogP contribution in [0.15, 0.2) is 48.5 Å². The number of hydrogen-bond acceptors (Lipinski definition) is 3. The molecule has 4 heteroatoms. The molecule has 28 heavy (non-hydrogen) atoms. The number of carbonyl (C=O) groups excluding carboxylic acids is 1. The molecule has 0 aliphatic carbocycles. The van der Waals surface area contributed by atoms with Crippen LogP contribution in [-0.4, -0.2) is 19.6 Å². The largest absolute Gasteiger partial charge is 0.493 e. The standard InChI is InChI=1S/C24H33NO3/c1-3-4-5-6-7-8-12-15-27-22-16-21(24(26)25-2)17-23(18-22)28-19-20-13-10-9-11-14-20/h9-11,13-14,16-18H,3-8,12,15,19H2,1-2H3,(H,25,26). The zero-order chi connectivity index (χ0) is 20.0. The molecule has 2 aromatic carbocycles. The van der Waals surface area contributed by atoms with Crippen LogP contribution in [0.4, 0.5) is 0 Å². The molecule has 0 atom stereocenters. The minimum absolute atomic E-state index is 0.147. The van der Waals surface area contributed by atoms with Gasteiger partial charge in [0.25, 0.3) is 5.91 Å². The van der Waals surface area contributed by atoms with Crippen LogP contribution in [0, 0.1) is 0 Å². The smallest absolute Gasteiger partial charge is 0.251 e. The zero-order valence-corrected chi connectivity index (χ0v) is 17.2. The van der Waals surface area contributed by atoms with Gasteiger partial charge < -0.3 is 14.8 Å². The molecule has 1 amide bonds. The van der Waals surface area contributed by atoms with Crippen molar-refractivity contribution in [3.05, 3.63) is 59.7 Å². The van der Waals surface area contributed by atoms with Crippen molar-refractivity contribution in [2.45, 2.75) is 58.5 Å². The molecule has 0 fully saturated rings. The van der Waals surface area contributed by atoms with Gasteiger partial charge in [-0.3, -0.25) is 4.79 Å². The van der Waals surface area contributed by atoms with Crippen molar-refractivity contribution < 1.29 is 14.3 Å². The molecule has 0 radical (unpaired) electrons. The molecule has 0 aliphatic rings. The highest BCUT2D eigenvalue weighted by molar-refractivity contribution is 5.94. The second-order valence-electron chi connectivity index (χ2n) is 7.02. The van der Waals surface area contributed by atoms with Crippen LogP contribution in [0.2, 0.25) is 0 Å². The molecule has 2 aromatic rings. The molecule has 0 aromatic heterocycles. The molecule has 0 unspecified atom stereocenters. The Morgan fingerprint density at radius 2 is 1.50 bits per heavy atom. The lowest BCUT2D eigenvalue weighted by Gasteiger charge is -2.12. The lowest BCUT2D eigenvalue weighted by molar-refractivity contribution is 0.0962. The fourth-order valence-corrected chi connectivity index (χ4v) is 3.00. The normalized spacial score (nSPS) is 10.5. The first-order valence-corrected chi connectivity index (χ1v) is 10.4. The summed E-state index contributed by atoms with van der Waals surface area (Å²) in [7, 11) is 1.62. The molecule has 152 valence electrons. The fraction of sp³-hybridized carbons (Fsp3) is 0.458. The van der Waals surface area contributed by atoms with E-state index in [9.17, 15) is 4.79 Å². The Labute approximate surface area is 169 Å². The highest BCUT2D eigenvalue weighted by Crippen LogP contribution is 2.24. The number of benzene rings is 2. The summed E-state index contributed by atoms with van der Waals surface area (Å²) < 4.78 is 11.8. The molecule has 0 spiro atoms. The van der Waals surface area contributed by atoms with Crippen molar-refractivity contribution in [3.63, 3.8) is 0 Å². The Bertz CT molecular complexity index is 700. The number of rotatable bonds is 13. The average Bonchev–Trinajstić information content (AvgIpc) is 2.74. The van der Waals surface area contributed by atoms with E-state index in [2.05, 4.69) is 12.2 Å². The van der Waals surface area contributed by atoms with Crippen LogP contribution < -0.4 is 14.8 Å². The summed E-state index contributed by atoms with van der Waals surface area (Å²) in [6, 6.07) is 15.4. The Morgan fingerprint density at radius 3 is 2.18 bits per heavy atom. The fourth-order valence-electron chi connectivity index (χ4n) is 3.00. The van der Waals surface area contributed by atoms with Gasteiger partial charge in [0.05, 0.1) is 6.61 Å². The maximum absolute atomic E-state index is 12.1. The van der Waals surface area contributed by atoms with E-state index < -0.39 is 0 Å². The summed E-state index contributed by atoms with van der Waals surface area (Å²) in [5.41, 5.74) is 1.63. The summed E-state index contributed by atoms with van der Waals surface area (Å²) in [6.07, 6.45) is 8.69. The summed E-state index contributed by atoms with van der Waals surface area (Å²) in [5, 5.41) is 2.66. The predicted molar refractivity (Wildman–Crippen MR) is 114 cm³/mol. The number of unbranched alkanes of at least 4 members (excludes halogenated alkanes) is 6. The topological polar surface area (TPSA) is 47.6 Å². The van der Waals surface area contributed by atoms with Crippen molar-refractivity contribution in [1.82, 2.24) is 5.32 Å². The van der Waals surface area contributed by atoms with Gasteiger partial charge in [0, 0.05) is 18.7 Å². The van der Waals surface area contributed by atoms with Crippen LogP contribution in [0.5, 0.6) is 11.5 Å². The molecule has 0 aliphatic heterocycles. The van der Waals surface area contributed by atoms with Gasteiger partial charge in [0.1, 0.15) is 18.1 Å². The van der Waals surface area contributed by atoms with E-state index >= 15 is 0 Å². The van der Waals surface area contributed by atoms with Crippen molar-refractivity contribution in [2.75, 3.05) is 13.7 Å². The molecule has 0 bridgehead atoms. The number of amides is 1. The van der Waals surface area contributed by atoms with Crippen molar-refractivity contribution in [3.8, 4) is 11.5 Å². The lowest BCUT2D eigenvalue weighted by atomic mass is 10.1. The van der Waals surface area contributed by atoms with Crippen LogP contribution in [-0.2, 0) is 6.61 Å². The van der Waals surface area contributed by atoms with Crippen LogP contribution in [0.25, 0.3) is 0 Å². The van der Waals surface area contributed by atoms with Gasteiger partial charge in [-0.2, -0.15) is 0 Å². The van der Waals surface area contributed by atoms with E-state index in [-0.39, 0.29) is 5.91 Å². The maximum atomic E-state index is 12.1. The number of hydrogen-bond donors (Lipinski definition) is 1. The second-order valence-corrected chi connectivity index (χ2v) is 7.02. The summed E-state index contributed by atoms with van der Waals surface area (Å²) in [4.78, 5) is 12.1. The molecule has 0 saturated heterocycles. The molecule has 2 rings (SSSR count). The molecule has 0 heterocycles. The van der Waals surface area contributed by atoms with Crippen molar-refractivity contribution >= 4 is 5.91 Å². The minimum Gasteiger partial charge on any atom is -0.493 e. The van der Waals surface area contributed by atoms with E-state index in [1.54, 1.807) is 19.2 Å². The summed E-state index contributed by atoms with van der Waals surface area (Å²) >= 11 is 0. The number of ether oxygens (including phenoxy) is 2. The third-order valence-electron chi connectivity index (χ3n) is 4.63. The van der Waals surface area contributed by atoms with E-state index in [0.717, 1.165) is 12.0 Å². The molecule has 4 nitrogen and oxygen atoms in total. The van der Waals surface area contributed by atoms with E-state index in [4.69, 9.17) is 9.47 Å². The monoisotopic (exact) mass is 383 g/mol. The first-order valence-electron chi connectivity index (χ1n) is 10.4. The van der Waals surface area contributed by atoms with E-state index in [0.29, 0.717) is 30.3 Å². The first-order chi connectivity index (χ1) is 13.7. The summed E-state index contributed by atoms with van der Waals surface area (Å²) in [5.74, 6) is 1.17. The molecular formula is C24H33NO3. The van der Waals surface area contributed by atoms with Gasteiger partial charge in [-0.25, -0.2) is 0 Å². The van der Waals surface area contributed by atoms with Gasteiger partial charge in [-0.1, -0.05) is 75.8 Å². The number of carbonyl (C=O) groups is 1. The van der Waals surface area contributed by atoms with Crippen LogP contribution in [0.3, 0.4) is 0 Å². The van der Waals surface area contributed by atoms with Crippen molar-refractivity contribution in [1.29, 1.82) is 0 Å². The quantitative estimate of drug-likeness (QED) is 0.448. The van der Waals surface area contributed by atoms with Gasteiger partial charge >= 0.3 is 0 Å². The minimum atomic E-state index is -0.147. The predicted octanol–water partition coefficient (Wildman–Crippen LogP) is 5.75. The van der Waals surface area contributed by atoms with Gasteiger partial charge in [0.2, 0.25) is 0 Å². The number of nitrogens with one attached hydrogen (secondary N) is 1. The maximum Gasteiger partial charge on any atom is 0.251 e. The lowest BCUT2D eigenvalue weighted by Crippen LogP contribution is -2.18. The van der Waals surface area contributed by atoms with Gasteiger partial charge in [-0.05, 0) is 24.1 Å². The van der Waals surface area contributed by atoms with E-state index in [1.807, 2.05) is 36.4 Å². The second kappa shape index (κ2) is 12.8. The highest BCUT2D eigenvalue weighted by Gasteiger charge is 2.09. The Balaban J connectivity index is 1.88. The average molecular weight is 384 g/mol. The van der Waals surface area contributed by atoms with Gasteiger partial charge in [-0.15, -0.1) is 0 Å². The SMILES string of the molecule is CCCCCCCCCOc1cc(OCc2ccccc2)cc(C(=O)NC)c1. The Kier molecular flexibility index (Phi) is 9.98. The highest BCUT2D eigenvalue weighted by atomic mass is 16.5. The zero-order valence-electron chi connectivity index (χ0n) is 17.2.